The van der Waals surface area contributed by atoms with Gasteiger partial charge in [-0.1, -0.05) is 12.1 Å². The topological polar surface area (TPSA) is 27.1 Å². The molecule has 3 nitrogen and oxygen atoms in total. The van der Waals surface area contributed by atoms with Crippen LogP contribution >= 0.6 is 0 Å². The van der Waals surface area contributed by atoms with Crippen molar-refractivity contribution in [1.82, 2.24) is 9.55 Å². The smallest absolute Gasteiger partial charge is 0.134 e. The Hall–Kier alpha value is -2.21. The highest BCUT2D eigenvalue weighted by atomic mass is 16.5. The number of hydrogen-bond acceptors (Lipinski definition) is 2. The monoisotopic (exact) mass is 198 g/mol. The quantitative estimate of drug-likeness (QED) is 0.653. The van der Waals surface area contributed by atoms with Gasteiger partial charge in [-0.05, 0) is 18.1 Å². The maximum absolute atomic E-state index is 5.19. The van der Waals surface area contributed by atoms with E-state index in [4.69, 9.17) is 4.74 Å². The second-order valence-corrected chi connectivity index (χ2v) is 2.91. The van der Waals surface area contributed by atoms with Gasteiger partial charge in [-0.2, -0.15) is 0 Å². The Labute approximate surface area is 88.3 Å². The lowest BCUT2D eigenvalue weighted by Crippen LogP contribution is -1.88. The van der Waals surface area contributed by atoms with Gasteiger partial charge >= 0.3 is 0 Å². The van der Waals surface area contributed by atoms with E-state index in [1.165, 1.54) is 0 Å². The molecular formula is C12H10N2O. The molecule has 0 amide bonds. The molecule has 0 saturated carbocycles. The van der Waals surface area contributed by atoms with Crippen molar-refractivity contribution in [3.8, 4) is 17.7 Å². The zero-order valence-electron chi connectivity index (χ0n) is 8.34. The van der Waals surface area contributed by atoms with Gasteiger partial charge in [0.1, 0.15) is 12.1 Å². The Kier molecular flexibility index (Phi) is 2.70. The van der Waals surface area contributed by atoms with Crippen molar-refractivity contribution in [3.63, 3.8) is 0 Å². The summed E-state index contributed by atoms with van der Waals surface area (Å²) in [5.74, 6) is 3.80. The standard InChI is InChI=1S/C12H10N2O/c1-15-12-5-3-2-4-11(12)6-8-14-9-7-13-10-14/h2-5,7,9-10H,1H3. The second kappa shape index (κ2) is 4.34. The predicted octanol–water partition coefficient (Wildman–Crippen LogP) is 1.75. The summed E-state index contributed by atoms with van der Waals surface area (Å²) < 4.78 is 6.89. The fourth-order valence-corrected chi connectivity index (χ4v) is 1.20. The average molecular weight is 198 g/mol. The number of hydrogen-bond donors (Lipinski definition) is 0. The number of methoxy groups -OCH3 is 1. The molecule has 0 atom stereocenters. The van der Waals surface area contributed by atoms with Gasteiger partial charge in [-0.25, -0.2) is 4.98 Å². The zero-order chi connectivity index (χ0) is 10.5. The Morgan fingerprint density at radius 2 is 2.20 bits per heavy atom. The van der Waals surface area contributed by atoms with E-state index in [-0.39, 0.29) is 0 Å². The minimum atomic E-state index is 0.783. The van der Waals surface area contributed by atoms with Gasteiger partial charge < -0.3 is 4.74 Å². The maximum atomic E-state index is 5.19. The van der Waals surface area contributed by atoms with E-state index in [2.05, 4.69) is 16.9 Å². The summed E-state index contributed by atoms with van der Waals surface area (Å²) >= 11 is 0. The summed E-state index contributed by atoms with van der Waals surface area (Å²) in [6, 6.07) is 10.6. The van der Waals surface area contributed by atoms with Crippen molar-refractivity contribution in [2.75, 3.05) is 7.11 Å². The second-order valence-electron chi connectivity index (χ2n) is 2.91. The summed E-state index contributed by atoms with van der Waals surface area (Å²) in [5.41, 5.74) is 0.869. The molecule has 1 heterocycles. The fourth-order valence-electron chi connectivity index (χ4n) is 1.20. The molecule has 0 saturated heterocycles. The molecule has 0 aliphatic rings. The molecule has 0 spiro atoms. The number of ether oxygens (including phenoxy) is 1. The Morgan fingerprint density at radius 1 is 1.33 bits per heavy atom. The molecule has 1 aromatic carbocycles. The summed E-state index contributed by atoms with van der Waals surface area (Å²) in [7, 11) is 1.64. The summed E-state index contributed by atoms with van der Waals surface area (Å²) in [6.45, 7) is 0. The normalized spacial score (nSPS) is 9.13. The summed E-state index contributed by atoms with van der Waals surface area (Å²) in [5, 5.41) is 0. The first-order chi connectivity index (χ1) is 7.40. The average Bonchev–Trinajstić information content (AvgIpc) is 2.79. The van der Waals surface area contributed by atoms with E-state index in [9.17, 15) is 0 Å². The number of para-hydroxylation sites is 1. The lowest BCUT2D eigenvalue weighted by molar-refractivity contribution is 0.413. The van der Waals surface area contributed by atoms with E-state index < -0.39 is 0 Å². The number of nitrogens with zero attached hydrogens (tertiary/aromatic N) is 2. The van der Waals surface area contributed by atoms with Crippen molar-refractivity contribution >= 4 is 0 Å². The van der Waals surface area contributed by atoms with Crippen LogP contribution in [0.5, 0.6) is 5.75 Å². The highest BCUT2D eigenvalue weighted by Gasteiger charge is 1.95. The van der Waals surface area contributed by atoms with Gasteiger partial charge in [0.2, 0.25) is 0 Å². The van der Waals surface area contributed by atoms with Crippen LogP contribution in [0.3, 0.4) is 0 Å². The molecular weight excluding hydrogens is 188 g/mol. The van der Waals surface area contributed by atoms with Crippen LogP contribution in [-0.2, 0) is 0 Å². The molecule has 0 radical (unpaired) electrons. The Bertz CT molecular complexity index is 492. The van der Waals surface area contributed by atoms with Gasteiger partial charge in [-0.15, -0.1) is 0 Å². The predicted molar refractivity (Wildman–Crippen MR) is 57.5 cm³/mol. The molecule has 15 heavy (non-hydrogen) atoms. The lowest BCUT2D eigenvalue weighted by Gasteiger charge is -2.00. The van der Waals surface area contributed by atoms with Crippen molar-refractivity contribution in [1.29, 1.82) is 0 Å². The van der Waals surface area contributed by atoms with Crippen molar-refractivity contribution < 1.29 is 4.74 Å². The third-order valence-corrected chi connectivity index (χ3v) is 1.93. The molecule has 2 rings (SSSR count). The number of benzene rings is 1. The van der Waals surface area contributed by atoms with E-state index in [0.717, 1.165) is 11.3 Å². The largest absolute Gasteiger partial charge is 0.495 e. The molecule has 1 aromatic heterocycles. The van der Waals surface area contributed by atoms with E-state index in [1.54, 1.807) is 30.4 Å². The van der Waals surface area contributed by atoms with Crippen LogP contribution in [0.1, 0.15) is 5.56 Å². The van der Waals surface area contributed by atoms with Crippen molar-refractivity contribution in [2.24, 2.45) is 0 Å². The first-order valence-corrected chi connectivity index (χ1v) is 4.53. The number of imidazole rings is 1. The first kappa shape index (κ1) is 9.35. The molecule has 3 heteroatoms. The van der Waals surface area contributed by atoms with Crippen LogP contribution in [0.2, 0.25) is 0 Å². The summed E-state index contributed by atoms with van der Waals surface area (Å²) in [6.07, 6.45) is 5.14. The Balaban J connectivity index is 2.31. The van der Waals surface area contributed by atoms with E-state index in [0.29, 0.717) is 0 Å². The van der Waals surface area contributed by atoms with Crippen LogP contribution in [0.4, 0.5) is 0 Å². The fraction of sp³-hybridized carbons (Fsp3) is 0.0833. The van der Waals surface area contributed by atoms with Crippen LogP contribution in [0.25, 0.3) is 0 Å². The minimum absolute atomic E-state index is 0.783. The van der Waals surface area contributed by atoms with Crippen molar-refractivity contribution in [2.45, 2.75) is 0 Å². The molecule has 0 bridgehead atoms. The molecule has 0 N–H and O–H groups in total. The van der Waals surface area contributed by atoms with Gasteiger partial charge in [0.05, 0.1) is 12.7 Å². The SMILES string of the molecule is COc1ccccc1C#Cn1ccnc1. The molecule has 0 unspecified atom stereocenters. The van der Waals surface area contributed by atoms with Crippen LogP contribution in [0, 0.1) is 12.0 Å². The van der Waals surface area contributed by atoms with Crippen molar-refractivity contribution in [3.05, 3.63) is 48.5 Å². The third-order valence-electron chi connectivity index (χ3n) is 1.93. The summed E-state index contributed by atoms with van der Waals surface area (Å²) in [4.78, 5) is 3.91. The van der Waals surface area contributed by atoms with E-state index >= 15 is 0 Å². The highest BCUT2D eigenvalue weighted by Crippen LogP contribution is 2.15. The number of rotatable bonds is 1. The van der Waals surface area contributed by atoms with Crippen LogP contribution in [-0.4, -0.2) is 16.7 Å². The number of aromatic nitrogens is 2. The zero-order valence-corrected chi connectivity index (χ0v) is 8.34. The van der Waals surface area contributed by atoms with Gasteiger partial charge in [0.15, 0.2) is 0 Å². The highest BCUT2D eigenvalue weighted by molar-refractivity contribution is 5.45. The third kappa shape index (κ3) is 2.18. The van der Waals surface area contributed by atoms with E-state index in [1.807, 2.05) is 24.3 Å². The lowest BCUT2D eigenvalue weighted by atomic mass is 10.2. The van der Waals surface area contributed by atoms with Gasteiger partial charge in [-0.3, -0.25) is 4.57 Å². The Morgan fingerprint density at radius 3 is 2.93 bits per heavy atom. The minimum Gasteiger partial charge on any atom is -0.495 e. The molecule has 74 valence electrons. The van der Waals surface area contributed by atoms with Crippen LogP contribution < -0.4 is 4.74 Å². The first-order valence-electron chi connectivity index (χ1n) is 4.53. The maximum Gasteiger partial charge on any atom is 0.134 e. The van der Waals surface area contributed by atoms with Crippen LogP contribution in [0.15, 0.2) is 43.0 Å². The molecule has 0 aliphatic heterocycles. The van der Waals surface area contributed by atoms with Gasteiger partial charge in [0, 0.05) is 18.4 Å². The molecule has 2 aromatic rings. The van der Waals surface area contributed by atoms with Gasteiger partial charge in [0.25, 0.3) is 0 Å². The molecule has 0 fully saturated rings. The molecule has 0 aliphatic carbocycles.